The molecule has 0 bridgehead atoms. The minimum atomic E-state index is -0.260. The highest BCUT2D eigenvalue weighted by Gasteiger charge is 2.05. The van der Waals surface area contributed by atoms with Crippen molar-refractivity contribution in [2.24, 2.45) is 5.92 Å². The van der Waals surface area contributed by atoms with Crippen LogP contribution in [0.5, 0.6) is 5.88 Å². The molecule has 0 unspecified atom stereocenters. The molecule has 1 amide bonds. The Bertz CT molecular complexity index is 479. The van der Waals surface area contributed by atoms with E-state index in [1.165, 1.54) is 6.08 Å². The Labute approximate surface area is 114 Å². The third-order valence-electron chi connectivity index (χ3n) is 2.43. The van der Waals surface area contributed by atoms with Crippen LogP contribution >= 0.6 is 0 Å². The van der Waals surface area contributed by atoms with E-state index in [1.807, 2.05) is 12.1 Å². The number of carbonyl (C=O) groups is 1. The van der Waals surface area contributed by atoms with E-state index in [4.69, 9.17) is 4.74 Å². The molecule has 0 fully saturated rings. The number of anilines is 1. The van der Waals surface area contributed by atoms with Gasteiger partial charge in [-0.15, -0.1) is 0 Å². The Morgan fingerprint density at radius 3 is 2.89 bits per heavy atom. The molecule has 0 radical (unpaired) electrons. The molecule has 0 aliphatic rings. The van der Waals surface area contributed by atoms with Gasteiger partial charge < -0.3 is 10.1 Å². The van der Waals surface area contributed by atoms with Crippen molar-refractivity contribution in [2.45, 2.75) is 20.3 Å². The van der Waals surface area contributed by atoms with Crippen LogP contribution in [0.25, 0.3) is 6.08 Å². The summed E-state index contributed by atoms with van der Waals surface area (Å²) in [6.07, 6.45) is 7.78. The Morgan fingerprint density at radius 2 is 2.32 bits per heavy atom. The van der Waals surface area contributed by atoms with Crippen LogP contribution < -0.4 is 10.1 Å². The Balaban J connectivity index is 2.92. The van der Waals surface area contributed by atoms with E-state index in [2.05, 4.69) is 36.8 Å². The SMILES string of the molecule is C=CC(=O)Nc1cnc(OC)c(/C=C/CC(C)C)c1. The number of rotatable bonds is 6. The topological polar surface area (TPSA) is 51.2 Å². The van der Waals surface area contributed by atoms with Gasteiger partial charge in [-0.1, -0.05) is 32.6 Å². The largest absolute Gasteiger partial charge is 0.481 e. The van der Waals surface area contributed by atoms with Crippen LogP contribution in [0.15, 0.2) is 31.0 Å². The van der Waals surface area contributed by atoms with Gasteiger partial charge in [0.15, 0.2) is 0 Å². The summed E-state index contributed by atoms with van der Waals surface area (Å²) in [4.78, 5) is 15.4. The van der Waals surface area contributed by atoms with E-state index in [9.17, 15) is 4.79 Å². The van der Waals surface area contributed by atoms with Gasteiger partial charge in [-0.3, -0.25) is 4.79 Å². The molecule has 0 saturated heterocycles. The fourth-order valence-corrected chi connectivity index (χ4v) is 1.49. The summed E-state index contributed by atoms with van der Waals surface area (Å²) >= 11 is 0. The van der Waals surface area contributed by atoms with Crippen molar-refractivity contribution in [3.8, 4) is 5.88 Å². The highest BCUT2D eigenvalue weighted by molar-refractivity contribution is 5.98. The van der Waals surface area contributed by atoms with Crippen LogP contribution in [0, 0.1) is 5.92 Å². The van der Waals surface area contributed by atoms with Crippen LogP contribution in [0.4, 0.5) is 5.69 Å². The normalized spacial score (nSPS) is 10.7. The van der Waals surface area contributed by atoms with Gasteiger partial charge in [0.05, 0.1) is 19.0 Å². The Morgan fingerprint density at radius 1 is 1.58 bits per heavy atom. The molecule has 1 aromatic rings. The fraction of sp³-hybridized carbons (Fsp3) is 0.333. The number of methoxy groups -OCH3 is 1. The lowest BCUT2D eigenvalue weighted by molar-refractivity contribution is -0.111. The van der Waals surface area contributed by atoms with Crippen molar-refractivity contribution in [1.82, 2.24) is 4.98 Å². The standard InChI is InChI=1S/C15H20N2O2/c1-5-14(18)17-13-9-12(8-6-7-11(2)3)15(19-4)16-10-13/h5-6,8-11H,1,7H2,2-4H3,(H,17,18)/b8-6+. The summed E-state index contributed by atoms with van der Waals surface area (Å²) in [5.74, 6) is 0.875. The molecule has 0 atom stereocenters. The van der Waals surface area contributed by atoms with Crippen LogP contribution in [-0.4, -0.2) is 18.0 Å². The second kappa shape index (κ2) is 7.36. The van der Waals surface area contributed by atoms with Gasteiger partial charge in [-0.2, -0.15) is 0 Å². The number of aromatic nitrogens is 1. The summed E-state index contributed by atoms with van der Waals surface area (Å²) in [5.41, 5.74) is 1.46. The molecule has 0 aromatic carbocycles. The minimum absolute atomic E-state index is 0.260. The summed E-state index contributed by atoms with van der Waals surface area (Å²) in [6.45, 7) is 7.72. The van der Waals surface area contributed by atoms with E-state index in [0.29, 0.717) is 17.5 Å². The number of pyridine rings is 1. The zero-order chi connectivity index (χ0) is 14.3. The van der Waals surface area contributed by atoms with Gasteiger partial charge in [0.1, 0.15) is 0 Å². The molecule has 19 heavy (non-hydrogen) atoms. The summed E-state index contributed by atoms with van der Waals surface area (Å²) in [6, 6.07) is 1.82. The molecule has 4 heteroatoms. The first-order valence-corrected chi connectivity index (χ1v) is 6.20. The number of nitrogens with one attached hydrogen (secondary N) is 1. The zero-order valence-corrected chi connectivity index (χ0v) is 11.6. The summed E-state index contributed by atoms with van der Waals surface area (Å²) in [7, 11) is 1.57. The maximum atomic E-state index is 11.2. The van der Waals surface area contributed by atoms with Gasteiger partial charge in [0.2, 0.25) is 11.8 Å². The quantitative estimate of drug-likeness (QED) is 0.799. The molecular formula is C15H20N2O2. The average molecular weight is 260 g/mol. The van der Waals surface area contributed by atoms with Crippen molar-refractivity contribution in [1.29, 1.82) is 0 Å². The first-order valence-electron chi connectivity index (χ1n) is 6.20. The van der Waals surface area contributed by atoms with Crippen LogP contribution in [0.1, 0.15) is 25.8 Å². The summed E-state index contributed by atoms with van der Waals surface area (Å²) in [5, 5.41) is 2.67. The van der Waals surface area contributed by atoms with Crippen molar-refractivity contribution < 1.29 is 9.53 Å². The van der Waals surface area contributed by atoms with E-state index >= 15 is 0 Å². The third-order valence-corrected chi connectivity index (χ3v) is 2.43. The molecule has 4 nitrogen and oxygen atoms in total. The van der Waals surface area contributed by atoms with Crippen molar-refractivity contribution >= 4 is 17.7 Å². The van der Waals surface area contributed by atoms with E-state index in [0.717, 1.165) is 12.0 Å². The smallest absolute Gasteiger partial charge is 0.247 e. The fourth-order valence-electron chi connectivity index (χ4n) is 1.49. The lowest BCUT2D eigenvalue weighted by Gasteiger charge is -2.07. The summed E-state index contributed by atoms with van der Waals surface area (Å²) < 4.78 is 5.19. The number of ether oxygens (including phenoxy) is 1. The third kappa shape index (κ3) is 4.95. The second-order valence-corrected chi connectivity index (χ2v) is 4.55. The maximum absolute atomic E-state index is 11.2. The molecule has 0 saturated carbocycles. The predicted octanol–water partition coefficient (Wildman–Crippen LogP) is 3.27. The first-order chi connectivity index (χ1) is 9.06. The maximum Gasteiger partial charge on any atom is 0.247 e. The average Bonchev–Trinajstić information content (AvgIpc) is 2.38. The van der Waals surface area contributed by atoms with Crippen molar-refractivity contribution in [2.75, 3.05) is 12.4 Å². The number of allylic oxidation sites excluding steroid dienone is 1. The van der Waals surface area contributed by atoms with Crippen molar-refractivity contribution in [3.63, 3.8) is 0 Å². The van der Waals surface area contributed by atoms with Crippen LogP contribution in [0.3, 0.4) is 0 Å². The number of carbonyl (C=O) groups excluding carboxylic acids is 1. The monoisotopic (exact) mass is 260 g/mol. The van der Waals surface area contributed by atoms with Crippen LogP contribution in [0.2, 0.25) is 0 Å². The van der Waals surface area contributed by atoms with Gasteiger partial charge in [0.25, 0.3) is 0 Å². The van der Waals surface area contributed by atoms with E-state index in [-0.39, 0.29) is 5.91 Å². The van der Waals surface area contributed by atoms with Gasteiger partial charge >= 0.3 is 0 Å². The number of hydrogen-bond acceptors (Lipinski definition) is 3. The van der Waals surface area contributed by atoms with E-state index in [1.54, 1.807) is 13.3 Å². The highest BCUT2D eigenvalue weighted by Crippen LogP contribution is 2.21. The molecule has 1 rings (SSSR count). The second-order valence-electron chi connectivity index (χ2n) is 4.55. The molecular weight excluding hydrogens is 240 g/mol. The minimum Gasteiger partial charge on any atom is -0.481 e. The van der Waals surface area contributed by atoms with Gasteiger partial charge in [0, 0.05) is 5.56 Å². The Hall–Kier alpha value is -2.10. The lowest BCUT2D eigenvalue weighted by atomic mass is 10.1. The number of amides is 1. The Kier molecular flexibility index (Phi) is 5.79. The number of hydrogen-bond donors (Lipinski definition) is 1. The molecule has 1 heterocycles. The molecule has 0 spiro atoms. The molecule has 1 aromatic heterocycles. The first kappa shape index (κ1) is 15.0. The number of nitrogens with zero attached hydrogens (tertiary/aromatic N) is 1. The van der Waals surface area contributed by atoms with Gasteiger partial charge in [-0.25, -0.2) is 4.98 Å². The predicted molar refractivity (Wildman–Crippen MR) is 78.1 cm³/mol. The molecule has 0 aliphatic carbocycles. The molecule has 102 valence electrons. The van der Waals surface area contributed by atoms with E-state index < -0.39 is 0 Å². The highest BCUT2D eigenvalue weighted by atomic mass is 16.5. The van der Waals surface area contributed by atoms with Crippen LogP contribution in [-0.2, 0) is 4.79 Å². The molecule has 1 N–H and O–H groups in total. The lowest BCUT2D eigenvalue weighted by Crippen LogP contribution is -2.08. The zero-order valence-electron chi connectivity index (χ0n) is 11.6. The molecule has 0 aliphatic heterocycles. The van der Waals surface area contributed by atoms with Gasteiger partial charge in [-0.05, 0) is 24.5 Å². The van der Waals surface area contributed by atoms with Crippen molar-refractivity contribution in [3.05, 3.63) is 36.6 Å².